The number of amides is 1. The van der Waals surface area contributed by atoms with Gasteiger partial charge in [0.1, 0.15) is 4.32 Å². The lowest BCUT2D eigenvalue weighted by Gasteiger charge is -2.10. The fourth-order valence-corrected chi connectivity index (χ4v) is 3.72. The molecule has 1 aliphatic heterocycles. The number of nitrogens with zero attached hydrogens (tertiary/aromatic N) is 2. The molecular weight excluding hydrogens is 356 g/mol. The smallest absolute Gasteiger partial charge is 0.335 e. The maximum Gasteiger partial charge on any atom is 0.335 e. The average Bonchev–Trinajstić information content (AvgIpc) is 3.16. The number of thioether (sulfide) groups is 1. The van der Waals surface area contributed by atoms with Crippen LogP contribution in [0.15, 0.2) is 60.2 Å². The highest BCUT2D eigenvalue weighted by Gasteiger charge is 2.31. The van der Waals surface area contributed by atoms with E-state index in [-0.39, 0.29) is 11.5 Å². The number of carbonyl (C=O) groups excluding carboxylic acids is 1. The Bertz CT molecular complexity index is 915. The quantitative estimate of drug-likeness (QED) is 0.495. The van der Waals surface area contributed by atoms with Crippen molar-refractivity contribution in [3.8, 4) is 5.69 Å². The lowest BCUT2D eigenvalue weighted by molar-refractivity contribution is -0.121. The van der Waals surface area contributed by atoms with E-state index in [0.717, 1.165) is 5.69 Å². The Balaban J connectivity index is 1.97. The third-order valence-electron chi connectivity index (χ3n) is 3.62. The van der Waals surface area contributed by atoms with Gasteiger partial charge in [0.2, 0.25) is 0 Å². The molecule has 0 bridgehead atoms. The van der Waals surface area contributed by atoms with Crippen LogP contribution in [0.4, 0.5) is 0 Å². The predicted octanol–water partition coefficient (Wildman–Crippen LogP) is 3.56. The summed E-state index contributed by atoms with van der Waals surface area (Å²) in [7, 11) is 0. The first-order valence-electron chi connectivity index (χ1n) is 7.38. The second kappa shape index (κ2) is 7.08. The van der Waals surface area contributed by atoms with E-state index < -0.39 is 5.97 Å². The topological polar surface area (TPSA) is 62.5 Å². The van der Waals surface area contributed by atoms with Gasteiger partial charge in [-0.25, -0.2) is 4.79 Å². The molecule has 1 amide bonds. The highest BCUT2D eigenvalue weighted by molar-refractivity contribution is 8.26. The van der Waals surface area contributed by atoms with Gasteiger partial charge in [-0.3, -0.25) is 9.69 Å². The zero-order valence-electron chi connectivity index (χ0n) is 13.1. The molecule has 1 N–H and O–H groups in total. The first-order valence-corrected chi connectivity index (χ1v) is 8.61. The number of hydrogen-bond donors (Lipinski definition) is 1. The predicted molar refractivity (Wildman–Crippen MR) is 103 cm³/mol. The first-order chi connectivity index (χ1) is 12.0. The Morgan fingerprint density at radius 2 is 2.12 bits per heavy atom. The van der Waals surface area contributed by atoms with Crippen LogP contribution in [-0.4, -0.2) is 37.3 Å². The summed E-state index contributed by atoms with van der Waals surface area (Å²) in [6.07, 6.45) is 5.21. The van der Waals surface area contributed by atoms with E-state index in [1.54, 1.807) is 24.3 Å². The summed E-state index contributed by atoms with van der Waals surface area (Å²) < 4.78 is 2.33. The summed E-state index contributed by atoms with van der Waals surface area (Å²) in [4.78, 5) is 25.6. The van der Waals surface area contributed by atoms with Crippen LogP contribution in [0.3, 0.4) is 0 Å². The average molecular weight is 370 g/mol. The van der Waals surface area contributed by atoms with Gasteiger partial charge in [0.05, 0.1) is 10.5 Å². The molecule has 126 valence electrons. The third-order valence-corrected chi connectivity index (χ3v) is 4.99. The molecule has 1 aliphatic rings. The van der Waals surface area contributed by atoms with Gasteiger partial charge in [-0.1, -0.05) is 36.1 Å². The lowest BCUT2D eigenvalue weighted by Crippen LogP contribution is -2.27. The van der Waals surface area contributed by atoms with Crippen molar-refractivity contribution >= 4 is 46.3 Å². The molecule has 2 heterocycles. The summed E-state index contributed by atoms with van der Waals surface area (Å²) in [5, 5.41) is 9.15. The van der Waals surface area contributed by atoms with Crippen LogP contribution >= 0.6 is 24.0 Å². The number of aromatic nitrogens is 1. The monoisotopic (exact) mass is 370 g/mol. The third kappa shape index (κ3) is 3.42. The summed E-state index contributed by atoms with van der Waals surface area (Å²) in [5.74, 6) is -1.14. The van der Waals surface area contributed by atoms with Gasteiger partial charge in [0, 0.05) is 24.1 Å². The summed E-state index contributed by atoms with van der Waals surface area (Å²) in [5.41, 5.74) is 1.67. The van der Waals surface area contributed by atoms with E-state index in [4.69, 9.17) is 17.3 Å². The van der Waals surface area contributed by atoms with Gasteiger partial charge in [-0.05, 0) is 36.4 Å². The number of carbonyl (C=O) groups is 2. The SMILES string of the molecule is C=CCN1C(=O)/C(=C/c2cccn2-c2cccc(C(=O)O)c2)SC1=S. The maximum atomic E-state index is 12.4. The zero-order chi connectivity index (χ0) is 18.0. The molecule has 1 fully saturated rings. The van der Waals surface area contributed by atoms with Crippen molar-refractivity contribution in [2.75, 3.05) is 6.54 Å². The van der Waals surface area contributed by atoms with Gasteiger partial charge >= 0.3 is 5.97 Å². The number of aromatic carboxylic acids is 1. The molecule has 7 heteroatoms. The molecule has 0 unspecified atom stereocenters. The summed E-state index contributed by atoms with van der Waals surface area (Å²) in [6.45, 7) is 4.01. The molecule has 1 aromatic heterocycles. The molecule has 1 aromatic carbocycles. The zero-order valence-corrected chi connectivity index (χ0v) is 14.7. The van der Waals surface area contributed by atoms with Gasteiger partial charge < -0.3 is 9.67 Å². The molecule has 1 saturated heterocycles. The highest BCUT2D eigenvalue weighted by atomic mass is 32.2. The number of rotatable bonds is 5. The van der Waals surface area contributed by atoms with E-state index in [0.29, 0.717) is 21.5 Å². The van der Waals surface area contributed by atoms with Crippen molar-refractivity contribution in [3.63, 3.8) is 0 Å². The van der Waals surface area contributed by atoms with Crippen molar-refractivity contribution < 1.29 is 14.7 Å². The molecule has 0 spiro atoms. The molecule has 0 radical (unpaired) electrons. The van der Waals surface area contributed by atoms with Crippen LogP contribution in [-0.2, 0) is 4.79 Å². The van der Waals surface area contributed by atoms with Crippen molar-refractivity contribution in [3.05, 3.63) is 71.4 Å². The Kier molecular flexibility index (Phi) is 4.87. The van der Waals surface area contributed by atoms with Gasteiger partial charge in [-0.2, -0.15) is 0 Å². The molecule has 3 rings (SSSR count). The fourth-order valence-electron chi connectivity index (χ4n) is 2.46. The van der Waals surface area contributed by atoms with Crippen molar-refractivity contribution in [2.24, 2.45) is 0 Å². The fraction of sp³-hybridized carbons (Fsp3) is 0.0556. The van der Waals surface area contributed by atoms with Crippen LogP contribution < -0.4 is 0 Å². The van der Waals surface area contributed by atoms with Gasteiger partial charge in [-0.15, -0.1) is 6.58 Å². The second-order valence-corrected chi connectivity index (χ2v) is 6.92. The van der Waals surface area contributed by atoms with E-state index in [1.807, 2.05) is 29.0 Å². The van der Waals surface area contributed by atoms with E-state index in [1.165, 1.54) is 22.7 Å². The van der Waals surface area contributed by atoms with Crippen molar-refractivity contribution in [1.29, 1.82) is 0 Å². The van der Waals surface area contributed by atoms with E-state index in [2.05, 4.69) is 6.58 Å². The van der Waals surface area contributed by atoms with Crippen molar-refractivity contribution in [2.45, 2.75) is 0 Å². The highest BCUT2D eigenvalue weighted by Crippen LogP contribution is 2.32. The lowest BCUT2D eigenvalue weighted by atomic mass is 10.2. The molecule has 0 saturated carbocycles. The van der Waals surface area contributed by atoms with E-state index in [9.17, 15) is 9.59 Å². The van der Waals surface area contributed by atoms with Crippen LogP contribution in [0.1, 0.15) is 16.1 Å². The van der Waals surface area contributed by atoms with Crippen LogP contribution in [0.2, 0.25) is 0 Å². The molecule has 5 nitrogen and oxygen atoms in total. The molecule has 0 aliphatic carbocycles. The van der Waals surface area contributed by atoms with Crippen molar-refractivity contribution in [1.82, 2.24) is 9.47 Å². The summed E-state index contributed by atoms with van der Waals surface area (Å²) in [6, 6.07) is 10.3. The van der Waals surface area contributed by atoms with Gasteiger partial charge in [0.25, 0.3) is 5.91 Å². The minimum Gasteiger partial charge on any atom is -0.478 e. The number of thiocarbonyl (C=S) groups is 1. The van der Waals surface area contributed by atoms with E-state index >= 15 is 0 Å². The second-order valence-electron chi connectivity index (χ2n) is 5.24. The number of carboxylic acid groups (broad SMARTS) is 1. The molecule has 0 atom stereocenters. The first kappa shape index (κ1) is 17.2. The maximum absolute atomic E-state index is 12.4. The van der Waals surface area contributed by atoms with Crippen LogP contribution in [0, 0.1) is 0 Å². The largest absolute Gasteiger partial charge is 0.478 e. The minimum atomic E-state index is -0.985. The molecular formula is C18H14N2O3S2. The van der Waals surface area contributed by atoms with Crippen LogP contribution in [0.5, 0.6) is 0 Å². The Morgan fingerprint density at radius 3 is 2.84 bits per heavy atom. The Morgan fingerprint density at radius 1 is 1.32 bits per heavy atom. The number of hydrogen-bond acceptors (Lipinski definition) is 4. The normalized spacial score (nSPS) is 15.8. The molecule has 25 heavy (non-hydrogen) atoms. The Labute approximate surface area is 154 Å². The minimum absolute atomic E-state index is 0.151. The standard InChI is InChI=1S/C18H14N2O3S2/c1-2-8-20-16(21)15(25-18(20)24)11-14-7-4-9-19(14)13-6-3-5-12(10-13)17(22)23/h2-7,9-11H,1,8H2,(H,22,23)/b15-11-. The Hall–Kier alpha value is -2.64. The number of carboxylic acids is 1. The van der Waals surface area contributed by atoms with Gasteiger partial charge in [0.15, 0.2) is 0 Å². The van der Waals surface area contributed by atoms with Crippen LogP contribution in [0.25, 0.3) is 11.8 Å². The number of benzene rings is 1. The summed E-state index contributed by atoms with van der Waals surface area (Å²) >= 11 is 6.48. The molecule has 2 aromatic rings.